The van der Waals surface area contributed by atoms with Gasteiger partial charge in [0.1, 0.15) is 17.8 Å². The normalized spacial score (nSPS) is 10.8. The predicted octanol–water partition coefficient (Wildman–Crippen LogP) is -0.837. The Hall–Kier alpha value is -0.910. The van der Waals surface area contributed by atoms with Gasteiger partial charge in [0.05, 0.1) is 6.61 Å². The summed E-state index contributed by atoms with van der Waals surface area (Å²) in [7, 11) is -3.60. The van der Waals surface area contributed by atoms with Crippen LogP contribution in [0, 0.1) is 0 Å². The zero-order valence-electron chi connectivity index (χ0n) is 6.65. The van der Waals surface area contributed by atoms with Crippen molar-refractivity contribution in [1.29, 1.82) is 0 Å². The third-order valence-electron chi connectivity index (χ3n) is 0.965. The van der Waals surface area contributed by atoms with Crippen LogP contribution in [0.2, 0.25) is 0 Å². The maximum atomic E-state index is 10.8. The molecule has 0 aromatic carbocycles. The molecule has 0 unspecified atom stereocenters. The second kappa shape index (κ2) is 4.87. The van der Waals surface area contributed by atoms with E-state index in [4.69, 9.17) is 0 Å². The highest BCUT2D eigenvalue weighted by Crippen LogP contribution is 1.90. The molecule has 0 radical (unpaired) electrons. The fourth-order valence-electron chi connectivity index (χ4n) is 0.545. The Bertz CT molecular complexity index is 253. The topological polar surface area (TPSA) is 77.5 Å². The molecule has 0 aliphatic rings. The van der Waals surface area contributed by atoms with Crippen LogP contribution in [-0.4, -0.2) is 38.8 Å². The van der Waals surface area contributed by atoms with Gasteiger partial charge in [0.2, 0.25) is 0 Å². The minimum absolute atomic E-state index is 0.134. The zero-order valence-corrected chi connectivity index (χ0v) is 7.46. The lowest BCUT2D eigenvalue weighted by atomic mass is 10.8. The summed E-state index contributed by atoms with van der Waals surface area (Å²) in [6.07, 6.45) is 0.245. The molecule has 0 N–H and O–H groups in total. The molecule has 0 aromatic heterocycles. The first-order valence-electron chi connectivity index (χ1n) is 3.31. The summed E-state index contributed by atoms with van der Waals surface area (Å²) < 4.78 is 26.0. The summed E-state index contributed by atoms with van der Waals surface area (Å²) in [4.78, 5) is 20.4. The summed E-state index contributed by atoms with van der Waals surface area (Å²) in [5, 5.41) is 0. The number of carbonyl (C=O) groups is 2. The SMILES string of the molecule is CCOC(=O)CS(=O)(=O)CC=O. The van der Waals surface area contributed by atoms with E-state index in [1.54, 1.807) is 6.92 Å². The molecule has 0 aliphatic heterocycles. The molecule has 5 nitrogen and oxygen atoms in total. The van der Waals surface area contributed by atoms with E-state index in [0.717, 1.165) is 0 Å². The van der Waals surface area contributed by atoms with Crippen molar-refractivity contribution in [3.8, 4) is 0 Å². The average Bonchev–Trinajstić information content (AvgIpc) is 1.85. The van der Waals surface area contributed by atoms with Gasteiger partial charge in [-0.05, 0) is 6.92 Å². The summed E-state index contributed by atoms with van der Waals surface area (Å²) in [5.74, 6) is -2.18. The van der Waals surface area contributed by atoms with E-state index in [9.17, 15) is 18.0 Å². The molecule has 0 rings (SSSR count). The van der Waals surface area contributed by atoms with Gasteiger partial charge >= 0.3 is 5.97 Å². The van der Waals surface area contributed by atoms with Gasteiger partial charge in [0.15, 0.2) is 9.84 Å². The van der Waals surface area contributed by atoms with Crippen LogP contribution in [0.15, 0.2) is 0 Å². The lowest BCUT2D eigenvalue weighted by molar-refractivity contribution is -0.139. The van der Waals surface area contributed by atoms with Gasteiger partial charge in [-0.1, -0.05) is 0 Å². The summed E-state index contributed by atoms with van der Waals surface area (Å²) in [6.45, 7) is 1.71. The Labute approximate surface area is 70.6 Å². The van der Waals surface area contributed by atoms with Crippen LogP contribution in [0.25, 0.3) is 0 Å². The molecule has 0 bridgehead atoms. The number of sulfone groups is 1. The minimum atomic E-state index is -3.60. The van der Waals surface area contributed by atoms with Crippen LogP contribution >= 0.6 is 0 Å². The Balaban J connectivity index is 4.06. The highest BCUT2D eigenvalue weighted by atomic mass is 32.2. The standard InChI is InChI=1S/C6H10O5S/c1-2-11-6(8)5-12(9,10)4-3-7/h3H,2,4-5H2,1H3. The van der Waals surface area contributed by atoms with Crippen molar-refractivity contribution >= 4 is 22.1 Å². The van der Waals surface area contributed by atoms with Gasteiger partial charge in [-0.2, -0.15) is 0 Å². The smallest absolute Gasteiger partial charge is 0.321 e. The third kappa shape index (κ3) is 4.84. The minimum Gasteiger partial charge on any atom is -0.465 e. The largest absolute Gasteiger partial charge is 0.465 e. The van der Waals surface area contributed by atoms with Crippen molar-refractivity contribution in [1.82, 2.24) is 0 Å². The van der Waals surface area contributed by atoms with E-state index in [1.165, 1.54) is 0 Å². The number of ether oxygens (including phenoxy) is 1. The van der Waals surface area contributed by atoms with E-state index < -0.39 is 27.3 Å². The van der Waals surface area contributed by atoms with E-state index >= 15 is 0 Å². The fraction of sp³-hybridized carbons (Fsp3) is 0.667. The van der Waals surface area contributed by atoms with Crippen molar-refractivity contribution in [3.63, 3.8) is 0 Å². The van der Waals surface area contributed by atoms with E-state index in [2.05, 4.69) is 4.74 Å². The molecule has 0 amide bonds. The molecule has 0 aliphatic carbocycles. The van der Waals surface area contributed by atoms with Gasteiger partial charge in [-0.3, -0.25) is 4.79 Å². The van der Waals surface area contributed by atoms with Crippen LogP contribution in [0.5, 0.6) is 0 Å². The molecular formula is C6H10O5S. The second-order valence-electron chi connectivity index (χ2n) is 2.03. The molecule has 0 saturated carbocycles. The first kappa shape index (κ1) is 11.1. The van der Waals surface area contributed by atoms with Crippen LogP contribution < -0.4 is 0 Å². The molecule has 0 fully saturated rings. The first-order valence-corrected chi connectivity index (χ1v) is 5.13. The maximum absolute atomic E-state index is 10.8. The lowest BCUT2D eigenvalue weighted by Gasteiger charge is -1.99. The van der Waals surface area contributed by atoms with Crippen molar-refractivity contribution in [2.45, 2.75) is 6.92 Å². The zero-order chi connectivity index (χ0) is 9.61. The Morgan fingerprint density at radius 3 is 2.50 bits per heavy atom. The van der Waals surface area contributed by atoms with Crippen LogP contribution in [-0.2, 0) is 24.2 Å². The lowest BCUT2D eigenvalue weighted by Crippen LogP contribution is -2.21. The number of hydrogen-bond acceptors (Lipinski definition) is 5. The molecule has 0 atom stereocenters. The van der Waals surface area contributed by atoms with Gasteiger partial charge in [0.25, 0.3) is 0 Å². The predicted molar refractivity (Wildman–Crippen MR) is 41.4 cm³/mol. The number of rotatable bonds is 5. The number of esters is 1. The first-order chi connectivity index (χ1) is 5.52. The molecule has 70 valence electrons. The van der Waals surface area contributed by atoms with E-state index in [0.29, 0.717) is 0 Å². The van der Waals surface area contributed by atoms with Gasteiger partial charge in [-0.25, -0.2) is 8.42 Å². The molecule has 0 saturated heterocycles. The summed E-state index contributed by atoms with van der Waals surface area (Å²) in [6, 6.07) is 0. The fourth-order valence-corrected chi connectivity index (χ4v) is 1.31. The molecular weight excluding hydrogens is 184 g/mol. The summed E-state index contributed by atoms with van der Waals surface area (Å²) >= 11 is 0. The number of carbonyl (C=O) groups excluding carboxylic acids is 2. The molecule has 12 heavy (non-hydrogen) atoms. The quantitative estimate of drug-likeness (QED) is 0.421. The van der Waals surface area contributed by atoms with Crippen LogP contribution in [0.1, 0.15) is 6.92 Å². The molecule has 0 spiro atoms. The molecule has 6 heteroatoms. The van der Waals surface area contributed by atoms with Crippen LogP contribution in [0.4, 0.5) is 0 Å². The van der Waals surface area contributed by atoms with Gasteiger partial charge < -0.3 is 9.53 Å². The van der Waals surface area contributed by atoms with Crippen LogP contribution in [0.3, 0.4) is 0 Å². The second-order valence-corrected chi connectivity index (χ2v) is 4.14. The monoisotopic (exact) mass is 194 g/mol. The average molecular weight is 194 g/mol. The number of aldehydes is 1. The highest BCUT2D eigenvalue weighted by molar-refractivity contribution is 7.92. The van der Waals surface area contributed by atoms with Crippen molar-refractivity contribution in [2.24, 2.45) is 0 Å². The Morgan fingerprint density at radius 1 is 1.50 bits per heavy atom. The maximum Gasteiger partial charge on any atom is 0.321 e. The molecule has 0 heterocycles. The van der Waals surface area contributed by atoms with Crippen molar-refractivity contribution < 1.29 is 22.7 Å². The van der Waals surface area contributed by atoms with Gasteiger partial charge in [-0.15, -0.1) is 0 Å². The highest BCUT2D eigenvalue weighted by Gasteiger charge is 2.16. The Morgan fingerprint density at radius 2 is 2.08 bits per heavy atom. The number of hydrogen-bond donors (Lipinski definition) is 0. The third-order valence-corrected chi connectivity index (χ3v) is 2.28. The van der Waals surface area contributed by atoms with Crippen molar-refractivity contribution in [2.75, 3.05) is 18.1 Å². The van der Waals surface area contributed by atoms with Crippen molar-refractivity contribution in [3.05, 3.63) is 0 Å². The summed E-state index contributed by atoms with van der Waals surface area (Å²) in [5.41, 5.74) is 0. The molecule has 0 aromatic rings. The van der Waals surface area contributed by atoms with E-state index in [1.807, 2.05) is 0 Å². The van der Waals surface area contributed by atoms with E-state index in [-0.39, 0.29) is 12.9 Å². The Kier molecular flexibility index (Phi) is 4.50. The van der Waals surface area contributed by atoms with Gasteiger partial charge in [0, 0.05) is 0 Å².